The molecule has 2 aliphatic heterocycles. The number of benzene rings is 1. The van der Waals surface area contributed by atoms with Gasteiger partial charge in [0.05, 0.1) is 16.3 Å². The van der Waals surface area contributed by atoms with Crippen LogP contribution in [0.3, 0.4) is 0 Å². The van der Waals surface area contributed by atoms with Gasteiger partial charge in [-0.05, 0) is 42.1 Å². The molecule has 1 fully saturated rings. The third-order valence-electron chi connectivity index (χ3n) is 4.32. The van der Waals surface area contributed by atoms with Crippen LogP contribution in [0, 0.1) is 5.82 Å². The summed E-state index contributed by atoms with van der Waals surface area (Å²) in [6.45, 7) is 2.77. The van der Waals surface area contributed by atoms with Crippen LogP contribution < -0.4 is 4.90 Å². The quantitative estimate of drug-likeness (QED) is 0.763. The van der Waals surface area contributed by atoms with Crippen LogP contribution in [-0.2, 0) is 4.79 Å². The minimum absolute atomic E-state index is 0.204. The van der Waals surface area contributed by atoms with Crippen LogP contribution in [0.1, 0.15) is 5.69 Å². The smallest absolute Gasteiger partial charge is 0.286 e. The van der Waals surface area contributed by atoms with Gasteiger partial charge in [0.1, 0.15) is 5.82 Å². The lowest BCUT2D eigenvalue weighted by atomic mass is 10.2. The molecule has 1 aromatic heterocycles. The molecule has 0 N–H and O–H groups in total. The van der Waals surface area contributed by atoms with Crippen molar-refractivity contribution in [3.05, 3.63) is 65.1 Å². The van der Waals surface area contributed by atoms with Gasteiger partial charge in [0.25, 0.3) is 5.91 Å². The fourth-order valence-electron chi connectivity index (χ4n) is 2.98. The van der Waals surface area contributed by atoms with Gasteiger partial charge in [-0.15, -0.1) is 0 Å². The van der Waals surface area contributed by atoms with Crippen LogP contribution in [0.2, 0.25) is 0 Å². The number of carbonyl (C=O) groups excluding carboxylic acids is 1. The number of carbonyl (C=O) groups is 1. The number of pyridine rings is 1. The molecule has 0 atom stereocenters. The van der Waals surface area contributed by atoms with Gasteiger partial charge >= 0.3 is 0 Å². The number of anilines is 1. The lowest BCUT2D eigenvalue weighted by Gasteiger charge is -2.36. The zero-order valence-corrected chi connectivity index (χ0v) is 14.8. The molecule has 0 unspecified atom stereocenters. The molecule has 2 aromatic rings. The van der Waals surface area contributed by atoms with E-state index in [9.17, 15) is 9.18 Å². The van der Waals surface area contributed by atoms with Gasteiger partial charge in [0.15, 0.2) is 5.17 Å². The van der Waals surface area contributed by atoms with E-state index in [4.69, 9.17) is 0 Å². The van der Waals surface area contributed by atoms with Crippen molar-refractivity contribution in [2.75, 3.05) is 31.1 Å². The summed E-state index contributed by atoms with van der Waals surface area (Å²) in [5.74, 6) is -0.434. The maximum atomic E-state index is 13.9. The molecule has 0 spiro atoms. The molecule has 26 heavy (non-hydrogen) atoms. The first-order valence-electron chi connectivity index (χ1n) is 8.39. The van der Waals surface area contributed by atoms with E-state index >= 15 is 0 Å². The molecule has 0 bridgehead atoms. The van der Waals surface area contributed by atoms with Crippen LogP contribution >= 0.6 is 11.8 Å². The van der Waals surface area contributed by atoms with E-state index in [0.29, 0.717) is 41.9 Å². The number of aromatic nitrogens is 1. The molecule has 7 heteroatoms. The van der Waals surface area contributed by atoms with Gasteiger partial charge in [0.2, 0.25) is 0 Å². The summed E-state index contributed by atoms with van der Waals surface area (Å²) >= 11 is 1.38. The predicted molar refractivity (Wildman–Crippen MR) is 102 cm³/mol. The first kappa shape index (κ1) is 16.8. The van der Waals surface area contributed by atoms with E-state index in [-0.39, 0.29) is 11.7 Å². The lowest BCUT2D eigenvalue weighted by Crippen LogP contribution is -2.48. The third kappa shape index (κ3) is 3.48. The van der Waals surface area contributed by atoms with E-state index in [1.54, 1.807) is 24.4 Å². The Morgan fingerprint density at radius 2 is 1.73 bits per heavy atom. The van der Waals surface area contributed by atoms with E-state index in [1.807, 2.05) is 29.2 Å². The van der Waals surface area contributed by atoms with Gasteiger partial charge in [-0.3, -0.25) is 9.78 Å². The number of hydrogen-bond donors (Lipinski definition) is 0. The Morgan fingerprint density at radius 3 is 2.46 bits per heavy atom. The van der Waals surface area contributed by atoms with Crippen molar-refractivity contribution in [2.45, 2.75) is 0 Å². The number of aliphatic imine (C=N–C) groups is 1. The average molecular weight is 368 g/mol. The van der Waals surface area contributed by atoms with Crippen molar-refractivity contribution in [3.63, 3.8) is 0 Å². The monoisotopic (exact) mass is 368 g/mol. The van der Waals surface area contributed by atoms with Crippen LogP contribution in [-0.4, -0.2) is 47.1 Å². The minimum Gasteiger partial charge on any atom is -0.366 e. The molecule has 0 saturated carbocycles. The predicted octanol–water partition coefficient (Wildman–Crippen LogP) is 3.01. The molecule has 1 saturated heterocycles. The summed E-state index contributed by atoms with van der Waals surface area (Å²) < 4.78 is 13.9. The number of para-hydroxylation sites is 1. The van der Waals surface area contributed by atoms with Crippen molar-refractivity contribution in [1.82, 2.24) is 9.88 Å². The van der Waals surface area contributed by atoms with Crippen LogP contribution in [0.4, 0.5) is 10.1 Å². The Kier molecular flexibility index (Phi) is 4.71. The summed E-state index contributed by atoms with van der Waals surface area (Å²) in [4.78, 5) is 25.3. The third-order valence-corrected chi connectivity index (χ3v) is 5.36. The molecule has 0 aliphatic carbocycles. The first-order valence-corrected chi connectivity index (χ1v) is 9.20. The van der Waals surface area contributed by atoms with Crippen LogP contribution in [0.25, 0.3) is 6.08 Å². The topological polar surface area (TPSA) is 48.8 Å². The normalized spacial score (nSPS) is 19.2. The Labute approximate surface area is 155 Å². The Balaban J connectivity index is 1.41. The molecule has 2 aliphatic rings. The highest BCUT2D eigenvalue weighted by atomic mass is 32.2. The van der Waals surface area contributed by atoms with E-state index in [2.05, 4.69) is 14.9 Å². The maximum absolute atomic E-state index is 13.9. The van der Waals surface area contributed by atoms with E-state index in [1.165, 1.54) is 17.8 Å². The lowest BCUT2D eigenvalue weighted by molar-refractivity contribution is -0.113. The van der Waals surface area contributed by atoms with Gasteiger partial charge in [0, 0.05) is 32.4 Å². The minimum atomic E-state index is -0.229. The van der Waals surface area contributed by atoms with Crippen molar-refractivity contribution in [1.29, 1.82) is 0 Å². The fourth-order valence-corrected chi connectivity index (χ4v) is 3.93. The van der Waals surface area contributed by atoms with Gasteiger partial charge in [-0.1, -0.05) is 18.2 Å². The fraction of sp³-hybridized carbons (Fsp3) is 0.211. The maximum Gasteiger partial charge on any atom is 0.286 e. The average Bonchev–Trinajstić information content (AvgIpc) is 3.04. The highest BCUT2D eigenvalue weighted by molar-refractivity contribution is 8.18. The summed E-state index contributed by atoms with van der Waals surface area (Å²) in [6.07, 6.45) is 3.46. The number of nitrogens with zero attached hydrogens (tertiary/aromatic N) is 4. The van der Waals surface area contributed by atoms with Gasteiger partial charge in [-0.2, -0.15) is 4.99 Å². The molecule has 4 rings (SSSR count). The van der Waals surface area contributed by atoms with Crippen LogP contribution in [0.15, 0.2) is 58.6 Å². The number of amides is 1. The molecule has 0 radical (unpaired) electrons. The molecular formula is C19H17FN4OS. The summed E-state index contributed by atoms with van der Waals surface area (Å²) in [5.41, 5.74) is 1.36. The summed E-state index contributed by atoms with van der Waals surface area (Å²) in [7, 11) is 0. The van der Waals surface area contributed by atoms with Crippen molar-refractivity contribution in [2.24, 2.45) is 4.99 Å². The molecular weight excluding hydrogens is 351 g/mol. The van der Waals surface area contributed by atoms with Crippen molar-refractivity contribution in [3.8, 4) is 0 Å². The molecule has 132 valence electrons. The number of halogens is 1. The number of rotatable bonds is 2. The van der Waals surface area contributed by atoms with Crippen molar-refractivity contribution >= 4 is 34.6 Å². The second kappa shape index (κ2) is 7.29. The number of amidine groups is 1. The van der Waals surface area contributed by atoms with Gasteiger partial charge < -0.3 is 9.80 Å². The van der Waals surface area contributed by atoms with Gasteiger partial charge in [-0.25, -0.2) is 4.39 Å². The number of hydrogen-bond acceptors (Lipinski definition) is 5. The first-order chi connectivity index (χ1) is 12.7. The standard InChI is InChI=1S/C19H17FN4OS/c20-15-6-1-2-7-16(15)23-9-11-24(12-10-23)19-22-18(25)17(26-19)13-14-5-3-4-8-21-14/h1-8,13H,9-12H2/b17-13-. The Hall–Kier alpha value is -2.67. The molecule has 3 heterocycles. The summed E-state index contributed by atoms with van der Waals surface area (Å²) in [6, 6.07) is 12.4. The zero-order valence-electron chi connectivity index (χ0n) is 14.0. The SMILES string of the molecule is O=C1N=C(N2CCN(c3ccccc3F)CC2)S/C1=C\c1ccccn1. The second-order valence-electron chi connectivity index (χ2n) is 5.99. The second-order valence-corrected chi connectivity index (χ2v) is 7.00. The van der Waals surface area contributed by atoms with E-state index < -0.39 is 0 Å². The zero-order chi connectivity index (χ0) is 17.9. The molecule has 5 nitrogen and oxygen atoms in total. The number of thioether (sulfide) groups is 1. The molecule has 1 amide bonds. The Morgan fingerprint density at radius 1 is 1.00 bits per heavy atom. The van der Waals surface area contributed by atoms with Crippen LogP contribution in [0.5, 0.6) is 0 Å². The Bertz CT molecular complexity index is 876. The highest BCUT2D eigenvalue weighted by Gasteiger charge is 2.29. The highest BCUT2D eigenvalue weighted by Crippen LogP contribution is 2.31. The number of piperazine rings is 1. The van der Waals surface area contributed by atoms with E-state index in [0.717, 1.165) is 5.69 Å². The largest absolute Gasteiger partial charge is 0.366 e. The summed E-state index contributed by atoms with van der Waals surface area (Å²) in [5, 5.41) is 0.713. The van der Waals surface area contributed by atoms with Crippen molar-refractivity contribution < 1.29 is 9.18 Å². The molecule has 1 aromatic carbocycles.